The molecule has 1 saturated carbocycles. The molecule has 0 amide bonds. The van der Waals surface area contributed by atoms with Gasteiger partial charge in [0.2, 0.25) is 0 Å². The second-order valence-electron chi connectivity index (χ2n) is 16.2. The van der Waals surface area contributed by atoms with Crippen LogP contribution in [0.2, 0.25) is 0 Å². The van der Waals surface area contributed by atoms with Crippen LogP contribution in [0.1, 0.15) is 118 Å². The molecule has 0 saturated heterocycles. The van der Waals surface area contributed by atoms with Crippen LogP contribution < -0.4 is 4.90 Å². The number of carboxylic acids is 1. The molecule has 4 heteroatoms. The van der Waals surface area contributed by atoms with Crippen LogP contribution in [0.15, 0.2) is 109 Å². The van der Waals surface area contributed by atoms with Gasteiger partial charge in [-0.2, -0.15) is 5.26 Å². The highest BCUT2D eigenvalue weighted by molar-refractivity contribution is 5.96. The van der Waals surface area contributed by atoms with Crippen molar-refractivity contribution < 1.29 is 9.90 Å². The molecule has 2 aliphatic carbocycles. The summed E-state index contributed by atoms with van der Waals surface area (Å²) in [5.41, 5.74) is 16.4. The number of carbonyl (C=O) groups is 1. The first kappa shape index (κ1) is 36.6. The SMILES string of the molecule is CCCCCC1(CCCCC)c2cc(-c3ccc(/C=C(/C#N)C(=O)O)cc3)ccc2-c2ccc(-c3ccc4c(c3)C3CCCC3N4c3ccc(C)cc3)cc21. The van der Waals surface area contributed by atoms with Crippen molar-refractivity contribution in [2.75, 3.05) is 4.90 Å². The zero-order valence-electron chi connectivity index (χ0n) is 32.6. The quantitative estimate of drug-likeness (QED) is 0.0746. The number of unbranched alkanes of at least 4 members (excludes halogenated alkanes) is 4. The van der Waals surface area contributed by atoms with Crippen LogP contribution >= 0.6 is 0 Å². The number of carboxylic acid groups (broad SMARTS) is 1. The maximum atomic E-state index is 11.4. The Bertz CT molecular complexity index is 2280. The summed E-state index contributed by atoms with van der Waals surface area (Å²) in [7, 11) is 0. The molecule has 0 bridgehead atoms. The van der Waals surface area contributed by atoms with Gasteiger partial charge in [0.1, 0.15) is 11.6 Å². The van der Waals surface area contributed by atoms with Crippen LogP contribution in [-0.4, -0.2) is 17.1 Å². The van der Waals surface area contributed by atoms with Crippen LogP contribution in [0, 0.1) is 18.3 Å². The van der Waals surface area contributed by atoms with Crippen molar-refractivity contribution in [3.8, 4) is 39.4 Å². The van der Waals surface area contributed by atoms with Gasteiger partial charge in [-0.25, -0.2) is 4.79 Å². The molecule has 0 aromatic heterocycles. The van der Waals surface area contributed by atoms with E-state index in [2.05, 4.69) is 105 Å². The van der Waals surface area contributed by atoms with E-state index < -0.39 is 5.97 Å². The second-order valence-corrected chi connectivity index (χ2v) is 16.2. The molecule has 1 N–H and O–H groups in total. The number of aliphatic carboxylic acids is 1. The molecule has 8 rings (SSSR count). The third kappa shape index (κ3) is 6.69. The highest BCUT2D eigenvalue weighted by Gasteiger charge is 2.44. The Labute approximate surface area is 327 Å². The molecule has 3 aliphatic rings. The van der Waals surface area contributed by atoms with Crippen LogP contribution in [0.25, 0.3) is 39.5 Å². The Morgan fingerprint density at radius 1 is 0.764 bits per heavy atom. The van der Waals surface area contributed by atoms with E-state index in [0.29, 0.717) is 17.5 Å². The van der Waals surface area contributed by atoms with E-state index in [1.54, 1.807) is 6.07 Å². The van der Waals surface area contributed by atoms with Gasteiger partial charge in [-0.3, -0.25) is 0 Å². The number of rotatable bonds is 13. The fourth-order valence-electron chi connectivity index (χ4n) is 10.0. The number of hydrogen-bond donors (Lipinski definition) is 1. The Morgan fingerprint density at radius 2 is 1.35 bits per heavy atom. The third-order valence-electron chi connectivity index (χ3n) is 12.8. The first-order valence-corrected chi connectivity index (χ1v) is 20.6. The first-order valence-electron chi connectivity index (χ1n) is 20.6. The van der Waals surface area contributed by atoms with E-state index in [4.69, 9.17) is 0 Å². The van der Waals surface area contributed by atoms with E-state index in [1.807, 2.05) is 24.3 Å². The van der Waals surface area contributed by atoms with Gasteiger partial charge in [-0.05, 0) is 131 Å². The summed E-state index contributed by atoms with van der Waals surface area (Å²) in [6.07, 6.45) is 14.7. The monoisotopic (exact) mass is 724 g/mol. The Balaban J connectivity index is 1.20. The second kappa shape index (κ2) is 15.4. The van der Waals surface area contributed by atoms with Crippen LogP contribution in [0.4, 0.5) is 11.4 Å². The highest BCUT2D eigenvalue weighted by Crippen LogP contribution is 2.57. The molecule has 1 heterocycles. The number of aryl methyl sites for hydroxylation is 1. The van der Waals surface area contributed by atoms with Crippen LogP contribution in [-0.2, 0) is 10.2 Å². The van der Waals surface area contributed by atoms with Gasteiger partial charge in [-0.1, -0.05) is 131 Å². The molecule has 0 radical (unpaired) electrons. The first-order chi connectivity index (χ1) is 26.8. The molecule has 2 unspecified atom stereocenters. The van der Waals surface area contributed by atoms with Crippen molar-refractivity contribution in [3.05, 3.63) is 137 Å². The van der Waals surface area contributed by atoms with E-state index in [-0.39, 0.29) is 11.0 Å². The van der Waals surface area contributed by atoms with Gasteiger partial charge in [0, 0.05) is 28.7 Å². The van der Waals surface area contributed by atoms with Gasteiger partial charge in [0.25, 0.3) is 0 Å². The Morgan fingerprint density at radius 3 is 1.95 bits per heavy atom. The average Bonchev–Trinajstić information content (AvgIpc) is 3.88. The molecule has 5 aromatic carbocycles. The van der Waals surface area contributed by atoms with Gasteiger partial charge in [0.15, 0.2) is 0 Å². The summed E-state index contributed by atoms with van der Waals surface area (Å²) in [4.78, 5) is 14.1. The average molecular weight is 725 g/mol. The van der Waals surface area contributed by atoms with Crippen molar-refractivity contribution in [2.45, 2.75) is 109 Å². The van der Waals surface area contributed by atoms with Crippen molar-refractivity contribution in [1.29, 1.82) is 5.26 Å². The van der Waals surface area contributed by atoms with E-state index in [1.165, 1.54) is 125 Å². The van der Waals surface area contributed by atoms with Gasteiger partial charge < -0.3 is 10.0 Å². The number of nitriles is 1. The number of anilines is 2. The summed E-state index contributed by atoms with van der Waals surface area (Å²) < 4.78 is 0. The summed E-state index contributed by atoms with van der Waals surface area (Å²) in [5, 5.41) is 18.6. The lowest BCUT2D eigenvalue weighted by Gasteiger charge is -2.33. The van der Waals surface area contributed by atoms with Crippen molar-refractivity contribution >= 4 is 23.4 Å². The van der Waals surface area contributed by atoms with Gasteiger partial charge >= 0.3 is 5.97 Å². The maximum absolute atomic E-state index is 11.4. The predicted molar refractivity (Wildman–Crippen MR) is 227 cm³/mol. The van der Waals surface area contributed by atoms with Crippen LogP contribution in [0.3, 0.4) is 0 Å². The fourth-order valence-corrected chi connectivity index (χ4v) is 10.0. The molecule has 1 fully saturated rings. The molecule has 2 atom stereocenters. The minimum Gasteiger partial charge on any atom is -0.477 e. The summed E-state index contributed by atoms with van der Waals surface area (Å²) >= 11 is 0. The van der Waals surface area contributed by atoms with Gasteiger partial charge in [-0.15, -0.1) is 0 Å². The Hall–Kier alpha value is -5.40. The zero-order chi connectivity index (χ0) is 38.1. The lowest BCUT2D eigenvalue weighted by Crippen LogP contribution is -2.26. The topological polar surface area (TPSA) is 64.3 Å². The molecule has 55 heavy (non-hydrogen) atoms. The minimum atomic E-state index is -1.21. The fraction of sp³-hybridized carbons (Fsp3) is 0.333. The lowest BCUT2D eigenvalue weighted by molar-refractivity contribution is -0.132. The number of hydrogen-bond acceptors (Lipinski definition) is 3. The lowest BCUT2D eigenvalue weighted by atomic mass is 9.70. The minimum absolute atomic E-state index is 0.0671. The molecule has 278 valence electrons. The molecule has 5 aromatic rings. The van der Waals surface area contributed by atoms with Crippen LogP contribution in [0.5, 0.6) is 0 Å². The molecular formula is C51H52N2O2. The Kier molecular flexibility index (Phi) is 10.2. The molecule has 4 nitrogen and oxygen atoms in total. The van der Waals surface area contributed by atoms with Crippen molar-refractivity contribution in [3.63, 3.8) is 0 Å². The van der Waals surface area contributed by atoms with Crippen molar-refractivity contribution in [2.24, 2.45) is 0 Å². The normalized spacial score (nSPS) is 17.7. The van der Waals surface area contributed by atoms with Gasteiger partial charge in [0.05, 0.1) is 0 Å². The van der Waals surface area contributed by atoms with E-state index in [0.717, 1.165) is 18.4 Å². The maximum Gasteiger partial charge on any atom is 0.346 e. The standard InChI is InChI=1S/C51H52N2O2/c1-4-6-8-27-51(28-9-7-5-2)46-31-38(36-17-15-35(16-18-36)29-40(33-52)50(54)55)19-24-42(46)43-25-20-39(32-47(43)51)37-21-26-49-45(30-37)44-11-10-12-48(44)53(49)41-22-13-34(3)14-23-41/h13-26,29-32,44,48H,4-12,27-28H2,1-3H3,(H,54,55)/b40-29-. The third-order valence-corrected chi connectivity index (χ3v) is 12.8. The predicted octanol–water partition coefficient (Wildman–Crippen LogP) is 13.5. The zero-order valence-corrected chi connectivity index (χ0v) is 32.6. The smallest absolute Gasteiger partial charge is 0.346 e. The van der Waals surface area contributed by atoms with Crippen molar-refractivity contribution in [1.82, 2.24) is 0 Å². The summed E-state index contributed by atoms with van der Waals surface area (Å²) in [6.45, 7) is 6.77. The number of benzene rings is 5. The van der Waals surface area contributed by atoms with E-state index in [9.17, 15) is 15.2 Å². The number of fused-ring (bicyclic) bond motifs is 6. The molecular weight excluding hydrogens is 673 g/mol. The highest BCUT2D eigenvalue weighted by atomic mass is 16.4. The largest absolute Gasteiger partial charge is 0.477 e. The van der Waals surface area contributed by atoms with E-state index >= 15 is 0 Å². The number of nitrogens with zero attached hydrogens (tertiary/aromatic N) is 2. The summed E-state index contributed by atoms with van der Waals surface area (Å²) in [6, 6.07) is 41.0. The molecule has 0 spiro atoms. The summed E-state index contributed by atoms with van der Waals surface area (Å²) in [5.74, 6) is -0.634. The molecule has 1 aliphatic heterocycles.